The third-order valence-corrected chi connectivity index (χ3v) is 4.91. The van der Waals surface area contributed by atoms with Crippen molar-refractivity contribution in [1.82, 2.24) is 10.2 Å². The predicted molar refractivity (Wildman–Crippen MR) is 78.9 cm³/mol. The lowest BCUT2D eigenvalue weighted by molar-refractivity contribution is 0.104. The summed E-state index contributed by atoms with van der Waals surface area (Å²) in [5.74, 6) is 0.830. The Balaban J connectivity index is 1.87. The lowest BCUT2D eigenvalue weighted by Gasteiger charge is -2.40. The summed E-state index contributed by atoms with van der Waals surface area (Å²) in [6, 6.07) is 2.51. The predicted octanol–water partition coefficient (Wildman–Crippen LogP) is 3.42. The summed E-state index contributed by atoms with van der Waals surface area (Å²) in [6.07, 6.45) is 9.77. The van der Waals surface area contributed by atoms with Gasteiger partial charge in [0.2, 0.25) is 0 Å². The number of nitrogens with zero attached hydrogens (tertiary/aromatic N) is 1. The van der Waals surface area contributed by atoms with Gasteiger partial charge in [0.05, 0.1) is 0 Å². The van der Waals surface area contributed by atoms with Crippen molar-refractivity contribution in [3.05, 3.63) is 0 Å². The molecule has 0 bridgehead atoms. The molecule has 2 rings (SSSR count). The van der Waals surface area contributed by atoms with E-state index in [4.69, 9.17) is 0 Å². The fraction of sp³-hybridized carbons (Fsp3) is 1.00. The SMILES string of the molecule is CCCNC1CCCC(N2CCCC2C(C)C)C1. The summed E-state index contributed by atoms with van der Waals surface area (Å²) in [5.41, 5.74) is 0. The Morgan fingerprint density at radius 1 is 1.17 bits per heavy atom. The van der Waals surface area contributed by atoms with Gasteiger partial charge in [0.1, 0.15) is 0 Å². The molecule has 0 aromatic heterocycles. The summed E-state index contributed by atoms with van der Waals surface area (Å²) >= 11 is 0. The van der Waals surface area contributed by atoms with Crippen LogP contribution in [0.15, 0.2) is 0 Å². The maximum atomic E-state index is 3.74. The molecule has 3 unspecified atom stereocenters. The van der Waals surface area contributed by atoms with Crippen LogP contribution in [0.4, 0.5) is 0 Å². The molecule has 2 heteroatoms. The van der Waals surface area contributed by atoms with Crippen LogP contribution in [0.5, 0.6) is 0 Å². The minimum absolute atomic E-state index is 0.789. The van der Waals surface area contributed by atoms with E-state index in [2.05, 4.69) is 31.0 Å². The van der Waals surface area contributed by atoms with Gasteiger partial charge < -0.3 is 5.32 Å². The van der Waals surface area contributed by atoms with Crippen LogP contribution in [0.1, 0.15) is 65.7 Å². The highest BCUT2D eigenvalue weighted by molar-refractivity contribution is 4.91. The molecule has 0 spiro atoms. The molecular weight excluding hydrogens is 220 g/mol. The zero-order valence-corrected chi connectivity index (χ0v) is 12.6. The molecule has 1 aliphatic heterocycles. The number of hydrogen-bond acceptors (Lipinski definition) is 2. The molecule has 2 aliphatic rings. The summed E-state index contributed by atoms with van der Waals surface area (Å²) < 4.78 is 0. The van der Waals surface area contributed by atoms with Crippen molar-refractivity contribution in [3.8, 4) is 0 Å². The smallest absolute Gasteiger partial charge is 0.0122 e. The summed E-state index contributed by atoms with van der Waals surface area (Å²) in [4.78, 5) is 2.85. The molecule has 1 aliphatic carbocycles. The molecule has 0 radical (unpaired) electrons. The Labute approximate surface area is 114 Å². The molecule has 18 heavy (non-hydrogen) atoms. The Bertz CT molecular complexity index is 239. The van der Waals surface area contributed by atoms with Gasteiger partial charge in [-0.3, -0.25) is 4.90 Å². The first kappa shape index (κ1) is 14.3. The van der Waals surface area contributed by atoms with Crippen molar-refractivity contribution in [3.63, 3.8) is 0 Å². The van der Waals surface area contributed by atoms with E-state index in [0.717, 1.165) is 24.0 Å². The van der Waals surface area contributed by atoms with Gasteiger partial charge in [-0.25, -0.2) is 0 Å². The third kappa shape index (κ3) is 3.48. The van der Waals surface area contributed by atoms with Crippen LogP contribution in [0.3, 0.4) is 0 Å². The van der Waals surface area contributed by atoms with Crippen molar-refractivity contribution >= 4 is 0 Å². The van der Waals surface area contributed by atoms with E-state index in [1.54, 1.807) is 0 Å². The number of likely N-dealkylation sites (tertiary alicyclic amines) is 1. The molecule has 1 heterocycles. The fourth-order valence-corrected chi connectivity index (χ4v) is 3.98. The second-order valence-electron chi connectivity index (χ2n) is 6.66. The number of nitrogens with one attached hydrogen (secondary N) is 1. The molecule has 1 saturated heterocycles. The minimum Gasteiger partial charge on any atom is -0.314 e. The average Bonchev–Trinajstić information content (AvgIpc) is 2.86. The van der Waals surface area contributed by atoms with Crippen molar-refractivity contribution in [1.29, 1.82) is 0 Å². The zero-order valence-electron chi connectivity index (χ0n) is 12.6. The van der Waals surface area contributed by atoms with Crippen molar-refractivity contribution in [2.75, 3.05) is 13.1 Å². The first-order chi connectivity index (χ1) is 8.72. The van der Waals surface area contributed by atoms with Crippen LogP contribution < -0.4 is 5.32 Å². The van der Waals surface area contributed by atoms with Crippen LogP contribution >= 0.6 is 0 Å². The number of hydrogen-bond donors (Lipinski definition) is 1. The molecule has 106 valence electrons. The number of rotatable bonds is 5. The summed E-state index contributed by atoms with van der Waals surface area (Å²) in [7, 11) is 0. The Kier molecular flexibility index (Phi) is 5.50. The van der Waals surface area contributed by atoms with Gasteiger partial charge >= 0.3 is 0 Å². The normalized spacial score (nSPS) is 34.3. The van der Waals surface area contributed by atoms with Gasteiger partial charge in [0, 0.05) is 18.1 Å². The quantitative estimate of drug-likeness (QED) is 0.806. The Morgan fingerprint density at radius 3 is 2.72 bits per heavy atom. The average molecular weight is 252 g/mol. The van der Waals surface area contributed by atoms with E-state index in [0.29, 0.717) is 0 Å². The third-order valence-electron chi connectivity index (χ3n) is 4.91. The lowest BCUT2D eigenvalue weighted by Crippen LogP contribution is -2.47. The van der Waals surface area contributed by atoms with Gasteiger partial charge in [-0.15, -0.1) is 0 Å². The highest BCUT2D eigenvalue weighted by Gasteiger charge is 2.34. The van der Waals surface area contributed by atoms with E-state index in [1.807, 2.05) is 0 Å². The molecule has 1 N–H and O–H groups in total. The standard InChI is InChI=1S/C16H32N2/c1-4-10-17-14-7-5-8-15(12-14)18-11-6-9-16(18)13(2)3/h13-17H,4-12H2,1-3H3. The Hall–Kier alpha value is -0.0800. The maximum Gasteiger partial charge on any atom is 0.0122 e. The maximum absolute atomic E-state index is 3.74. The molecule has 0 amide bonds. The second-order valence-corrected chi connectivity index (χ2v) is 6.66. The van der Waals surface area contributed by atoms with Gasteiger partial charge in [-0.1, -0.05) is 27.2 Å². The molecule has 0 aromatic rings. The topological polar surface area (TPSA) is 15.3 Å². The van der Waals surface area contributed by atoms with Crippen LogP contribution in [-0.4, -0.2) is 36.1 Å². The van der Waals surface area contributed by atoms with Gasteiger partial charge in [-0.05, 0) is 57.5 Å². The van der Waals surface area contributed by atoms with Crippen molar-refractivity contribution in [2.45, 2.75) is 83.8 Å². The van der Waals surface area contributed by atoms with Gasteiger partial charge in [0.15, 0.2) is 0 Å². The van der Waals surface area contributed by atoms with Crippen molar-refractivity contribution in [2.24, 2.45) is 5.92 Å². The molecule has 0 aromatic carbocycles. The second kappa shape index (κ2) is 6.91. The van der Waals surface area contributed by atoms with E-state index < -0.39 is 0 Å². The van der Waals surface area contributed by atoms with E-state index in [9.17, 15) is 0 Å². The van der Waals surface area contributed by atoms with Crippen LogP contribution in [0.25, 0.3) is 0 Å². The van der Waals surface area contributed by atoms with E-state index >= 15 is 0 Å². The largest absolute Gasteiger partial charge is 0.314 e. The first-order valence-corrected chi connectivity index (χ1v) is 8.21. The zero-order chi connectivity index (χ0) is 13.0. The lowest BCUT2D eigenvalue weighted by atomic mass is 9.88. The van der Waals surface area contributed by atoms with Crippen LogP contribution in [0.2, 0.25) is 0 Å². The van der Waals surface area contributed by atoms with Gasteiger partial charge in [0.25, 0.3) is 0 Å². The molecule has 3 atom stereocenters. The first-order valence-electron chi connectivity index (χ1n) is 8.21. The Morgan fingerprint density at radius 2 is 2.00 bits per heavy atom. The minimum atomic E-state index is 0.789. The summed E-state index contributed by atoms with van der Waals surface area (Å²) in [6.45, 7) is 9.62. The highest BCUT2D eigenvalue weighted by atomic mass is 15.2. The fourth-order valence-electron chi connectivity index (χ4n) is 3.98. The molecule has 2 fully saturated rings. The van der Waals surface area contributed by atoms with E-state index in [1.165, 1.54) is 58.0 Å². The van der Waals surface area contributed by atoms with E-state index in [-0.39, 0.29) is 0 Å². The van der Waals surface area contributed by atoms with Gasteiger partial charge in [-0.2, -0.15) is 0 Å². The molecular formula is C16H32N2. The van der Waals surface area contributed by atoms with Crippen LogP contribution in [0, 0.1) is 5.92 Å². The highest BCUT2D eigenvalue weighted by Crippen LogP contribution is 2.32. The summed E-state index contributed by atoms with van der Waals surface area (Å²) in [5, 5.41) is 3.74. The van der Waals surface area contributed by atoms with Crippen molar-refractivity contribution < 1.29 is 0 Å². The van der Waals surface area contributed by atoms with Crippen LogP contribution in [-0.2, 0) is 0 Å². The molecule has 1 saturated carbocycles. The molecule has 2 nitrogen and oxygen atoms in total. The monoisotopic (exact) mass is 252 g/mol.